The molecule has 0 unspecified atom stereocenters. The third kappa shape index (κ3) is 5.86. The number of benzene rings is 1. The molecule has 0 saturated heterocycles. The maximum absolute atomic E-state index is 12.0. The zero-order chi connectivity index (χ0) is 18.4. The summed E-state index contributed by atoms with van der Waals surface area (Å²) in [5.74, 6) is -0.323. The molecular weight excluding hydrogens is 406 g/mol. The van der Waals surface area contributed by atoms with Gasteiger partial charge in [0.15, 0.2) is 5.16 Å². The van der Waals surface area contributed by atoms with Gasteiger partial charge in [-0.25, -0.2) is 0 Å². The van der Waals surface area contributed by atoms with Gasteiger partial charge in [-0.3, -0.25) is 9.59 Å². The van der Waals surface area contributed by atoms with Gasteiger partial charge in [-0.1, -0.05) is 27.7 Å². The second-order valence-corrected chi connectivity index (χ2v) is 7.55. The quantitative estimate of drug-likeness (QED) is 0.665. The fourth-order valence-electron chi connectivity index (χ4n) is 2.01. The monoisotopic (exact) mass is 425 g/mol. The van der Waals surface area contributed by atoms with Crippen LogP contribution in [0.15, 0.2) is 34.2 Å². The van der Waals surface area contributed by atoms with Crippen LogP contribution < -0.4 is 10.6 Å². The zero-order valence-electron chi connectivity index (χ0n) is 14.2. The average Bonchev–Trinajstić information content (AvgIpc) is 3.02. The van der Waals surface area contributed by atoms with Crippen molar-refractivity contribution in [3.05, 3.63) is 34.6 Å². The summed E-state index contributed by atoms with van der Waals surface area (Å²) >= 11 is 4.67. The van der Waals surface area contributed by atoms with Crippen molar-refractivity contribution in [3.8, 4) is 0 Å². The number of nitrogens with zero attached hydrogens (tertiary/aromatic N) is 3. The van der Waals surface area contributed by atoms with Crippen LogP contribution in [0.3, 0.4) is 0 Å². The van der Waals surface area contributed by atoms with Crippen molar-refractivity contribution in [3.63, 3.8) is 0 Å². The van der Waals surface area contributed by atoms with Gasteiger partial charge in [-0.05, 0) is 44.5 Å². The third-order valence-electron chi connectivity index (χ3n) is 3.34. The molecule has 2 N–H and O–H groups in total. The molecule has 134 valence electrons. The number of carbonyl (C=O) groups is 2. The molecule has 0 atom stereocenters. The molecule has 0 fully saturated rings. The molecule has 0 saturated carbocycles. The van der Waals surface area contributed by atoms with E-state index in [9.17, 15) is 9.59 Å². The minimum absolute atomic E-state index is 0.0776. The van der Waals surface area contributed by atoms with Crippen LogP contribution in [0.1, 0.15) is 25.5 Å². The lowest BCUT2D eigenvalue weighted by Gasteiger charge is -2.10. The van der Waals surface area contributed by atoms with E-state index in [-0.39, 0.29) is 30.2 Å². The highest BCUT2D eigenvalue weighted by atomic mass is 79.9. The molecule has 0 radical (unpaired) electrons. The molecule has 7 nitrogen and oxygen atoms in total. The summed E-state index contributed by atoms with van der Waals surface area (Å²) in [5, 5.41) is 13.9. The van der Waals surface area contributed by atoms with E-state index < -0.39 is 0 Å². The van der Waals surface area contributed by atoms with E-state index in [4.69, 9.17) is 0 Å². The van der Waals surface area contributed by atoms with Crippen molar-refractivity contribution in [1.29, 1.82) is 0 Å². The van der Waals surface area contributed by atoms with E-state index in [0.717, 1.165) is 15.7 Å². The van der Waals surface area contributed by atoms with Crippen LogP contribution in [0.5, 0.6) is 0 Å². The smallest absolute Gasteiger partial charge is 0.243 e. The number of thioether (sulfide) groups is 1. The van der Waals surface area contributed by atoms with Crippen LogP contribution in [0.4, 0.5) is 5.69 Å². The molecule has 25 heavy (non-hydrogen) atoms. The van der Waals surface area contributed by atoms with Gasteiger partial charge < -0.3 is 15.2 Å². The van der Waals surface area contributed by atoms with Crippen LogP contribution in [-0.4, -0.2) is 38.9 Å². The Hall–Kier alpha value is -1.87. The Labute approximate surface area is 159 Å². The molecule has 2 aromatic rings. The minimum Gasteiger partial charge on any atom is -0.346 e. The van der Waals surface area contributed by atoms with Crippen molar-refractivity contribution in [2.75, 3.05) is 17.6 Å². The molecule has 9 heteroatoms. The fourth-order valence-corrected chi connectivity index (χ4v) is 3.36. The SMILES string of the molecule is Cc1cc(Br)ccc1NC(=O)CNC(=O)CSc1nncn1C(C)C. The molecule has 0 aliphatic rings. The van der Waals surface area contributed by atoms with Gasteiger partial charge in [0.1, 0.15) is 6.33 Å². The van der Waals surface area contributed by atoms with E-state index >= 15 is 0 Å². The molecular formula is C16H20BrN5O2S. The van der Waals surface area contributed by atoms with Crippen LogP contribution in [-0.2, 0) is 9.59 Å². The Morgan fingerprint density at radius 3 is 2.76 bits per heavy atom. The molecule has 0 aliphatic heterocycles. The molecule has 1 heterocycles. The summed E-state index contributed by atoms with van der Waals surface area (Å²) in [4.78, 5) is 23.9. The average molecular weight is 426 g/mol. The van der Waals surface area contributed by atoms with Crippen molar-refractivity contribution in [1.82, 2.24) is 20.1 Å². The molecule has 2 rings (SSSR count). The number of nitrogens with one attached hydrogen (secondary N) is 2. The van der Waals surface area contributed by atoms with Crippen LogP contribution in [0, 0.1) is 6.92 Å². The van der Waals surface area contributed by atoms with E-state index in [2.05, 4.69) is 36.8 Å². The van der Waals surface area contributed by atoms with Crippen molar-refractivity contribution in [2.24, 2.45) is 0 Å². The fraction of sp³-hybridized carbons (Fsp3) is 0.375. The predicted octanol–water partition coefficient (Wildman–Crippen LogP) is 2.78. The number of aryl methyl sites for hydroxylation is 1. The first-order valence-corrected chi connectivity index (χ1v) is 9.49. The standard InChI is InChI=1S/C16H20BrN5O2S/c1-10(2)22-9-19-21-16(22)25-8-15(24)18-7-14(23)20-13-5-4-12(17)6-11(13)3/h4-6,9-10H,7-8H2,1-3H3,(H,18,24)(H,20,23). The number of rotatable bonds is 7. The van der Waals surface area contributed by atoms with Gasteiger partial charge in [-0.15, -0.1) is 10.2 Å². The number of carbonyl (C=O) groups excluding carboxylic acids is 2. The molecule has 0 aliphatic carbocycles. The first kappa shape index (κ1) is 19.5. The van der Waals surface area contributed by atoms with Crippen molar-refractivity contribution in [2.45, 2.75) is 32.0 Å². The second-order valence-electron chi connectivity index (χ2n) is 5.69. The van der Waals surface area contributed by atoms with Gasteiger partial charge in [0, 0.05) is 16.2 Å². The lowest BCUT2D eigenvalue weighted by Crippen LogP contribution is -2.34. The van der Waals surface area contributed by atoms with Crippen molar-refractivity contribution < 1.29 is 9.59 Å². The van der Waals surface area contributed by atoms with Crippen LogP contribution >= 0.6 is 27.7 Å². The Bertz CT molecular complexity index is 763. The van der Waals surface area contributed by atoms with E-state index in [1.54, 1.807) is 6.33 Å². The Morgan fingerprint density at radius 1 is 1.32 bits per heavy atom. The maximum atomic E-state index is 12.0. The first-order valence-electron chi connectivity index (χ1n) is 7.72. The summed E-state index contributed by atoms with van der Waals surface area (Å²) < 4.78 is 2.84. The largest absolute Gasteiger partial charge is 0.346 e. The molecule has 1 aromatic carbocycles. The summed E-state index contributed by atoms with van der Waals surface area (Å²) in [6.07, 6.45) is 1.64. The number of anilines is 1. The molecule has 0 bridgehead atoms. The highest BCUT2D eigenvalue weighted by Gasteiger charge is 2.12. The Balaban J connectivity index is 1.77. The predicted molar refractivity (Wildman–Crippen MR) is 102 cm³/mol. The molecule has 1 aromatic heterocycles. The van der Waals surface area contributed by atoms with Gasteiger partial charge in [0.25, 0.3) is 0 Å². The molecule has 2 amide bonds. The van der Waals surface area contributed by atoms with Gasteiger partial charge in [0.05, 0.1) is 12.3 Å². The van der Waals surface area contributed by atoms with E-state index in [1.165, 1.54) is 11.8 Å². The van der Waals surface area contributed by atoms with Gasteiger partial charge >= 0.3 is 0 Å². The number of amides is 2. The maximum Gasteiger partial charge on any atom is 0.243 e. The van der Waals surface area contributed by atoms with Gasteiger partial charge in [0.2, 0.25) is 11.8 Å². The first-order chi connectivity index (χ1) is 11.9. The number of aromatic nitrogens is 3. The number of halogens is 1. The summed E-state index contributed by atoms with van der Waals surface area (Å²) in [6, 6.07) is 5.80. The minimum atomic E-state index is -0.269. The topological polar surface area (TPSA) is 88.9 Å². The Morgan fingerprint density at radius 2 is 2.08 bits per heavy atom. The van der Waals surface area contributed by atoms with Gasteiger partial charge in [-0.2, -0.15) is 0 Å². The lowest BCUT2D eigenvalue weighted by molar-refractivity contribution is -0.122. The second kappa shape index (κ2) is 9.00. The Kier molecular flexibility index (Phi) is 7.01. The number of hydrogen-bond donors (Lipinski definition) is 2. The highest BCUT2D eigenvalue weighted by molar-refractivity contribution is 9.10. The van der Waals surface area contributed by atoms with Crippen molar-refractivity contribution >= 4 is 45.2 Å². The highest BCUT2D eigenvalue weighted by Crippen LogP contribution is 2.20. The van der Waals surface area contributed by atoms with E-state index in [1.807, 2.05) is 43.5 Å². The summed E-state index contributed by atoms with van der Waals surface area (Å²) in [5.41, 5.74) is 1.67. The summed E-state index contributed by atoms with van der Waals surface area (Å²) in [7, 11) is 0. The van der Waals surface area contributed by atoms with Crippen LogP contribution in [0.2, 0.25) is 0 Å². The zero-order valence-corrected chi connectivity index (χ0v) is 16.6. The van der Waals surface area contributed by atoms with E-state index in [0.29, 0.717) is 5.16 Å². The normalized spacial score (nSPS) is 10.8. The van der Waals surface area contributed by atoms with Crippen LogP contribution in [0.25, 0.3) is 0 Å². The number of hydrogen-bond acceptors (Lipinski definition) is 5. The third-order valence-corrected chi connectivity index (χ3v) is 4.79. The lowest BCUT2D eigenvalue weighted by atomic mass is 10.2. The molecule has 0 spiro atoms. The summed E-state index contributed by atoms with van der Waals surface area (Å²) in [6.45, 7) is 5.86.